The van der Waals surface area contributed by atoms with Gasteiger partial charge in [-0.3, -0.25) is 0 Å². The summed E-state index contributed by atoms with van der Waals surface area (Å²) >= 11 is 11.9. The summed E-state index contributed by atoms with van der Waals surface area (Å²) in [4.78, 5) is 4.31. The van der Waals surface area contributed by atoms with Gasteiger partial charge in [-0.15, -0.1) is 0 Å². The van der Waals surface area contributed by atoms with Gasteiger partial charge in [-0.25, -0.2) is 13.4 Å². The van der Waals surface area contributed by atoms with Crippen molar-refractivity contribution in [2.24, 2.45) is 7.05 Å². The van der Waals surface area contributed by atoms with Crippen LogP contribution in [0.3, 0.4) is 0 Å². The molecule has 0 aliphatic carbocycles. The summed E-state index contributed by atoms with van der Waals surface area (Å²) in [5, 5.41) is 0.412. The molecular formula is C19H19Cl2N3O4S. The van der Waals surface area contributed by atoms with Gasteiger partial charge in [-0.1, -0.05) is 23.2 Å². The molecule has 0 radical (unpaired) electrons. The monoisotopic (exact) mass is 455 g/mol. The van der Waals surface area contributed by atoms with Gasteiger partial charge in [0.15, 0.2) is 0 Å². The molecule has 2 aromatic carbocycles. The standard InChI is InChI=1S/C19H19Cl2N3O4S/c1-24-7-6-22-19(24)18(12-8-13(27-2)10-14(9-12)28-3)23-29(25,26)15-4-5-16(20)17(21)11-15/h4-11,18,23H,1-3H3. The van der Waals surface area contributed by atoms with Crippen LogP contribution in [0.1, 0.15) is 17.4 Å². The Kier molecular flexibility index (Phi) is 6.38. The van der Waals surface area contributed by atoms with E-state index >= 15 is 0 Å². The second-order valence-corrected chi connectivity index (χ2v) is 8.70. The Balaban J connectivity index is 2.10. The number of benzene rings is 2. The molecule has 0 saturated carbocycles. The van der Waals surface area contributed by atoms with Crippen LogP contribution in [0.25, 0.3) is 0 Å². The number of rotatable bonds is 7. The number of methoxy groups -OCH3 is 2. The minimum atomic E-state index is -3.96. The van der Waals surface area contributed by atoms with E-state index in [1.807, 2.05) is 0 Å². The zero-order valence-electron chi connectivity index (χ0n) is 15.9. The lowest BCUT2D eigenvalue weighted by atomic mass is 10.1. The third-order valence-corrected chi connectivity index (χ3v) is 6.46. The molecule has 10 heteroatoms. The Morgan fingerprint density at radius 2 is 1.69 bits per heavy atom. The first-order valence-corrected chi connectivity index (χ1v) is 10.7. The van der Waals surface area contributed by atoms with E-state index in [0.29, 0.717) is 22.9 Å². The number of nitrogens with zero attached hydrogens (tertiary/aromatic N) is 2. The molecule has 1 aromatic heterocycles. The Morgan fingerprint density at radius 1 is 1.03 bits per heavy atom. The summed E-state index contributed by atoms with van der Waals surface area (Å²) in [5.74, 6) is 1.53. The topological polar surface area (TPSA) is 82.4 Å². The number of hydrogen-bond donors (Lipinski definition) is 1. The number of sulfonamides is 1. The van der Waals surface area contributed by atoms with Gasteiger partial charge in [0.25, 0.3) is 0 Å². The zero-order valence-corrected chi connectivity index (χ0v) is 18.2. The summed E-state index contributed by atoms with van der Waals surface area (Å²) in [6, 6.07) is 8.46. The molecule has 0 aliphatic rings. The van der Waals surface area contributed by atoms with Crippen LogP contribution in [0, 0.1) is 0 Å². The quantitative estimate of drug-likeness (QED) is 0.585. The van der Waals surface area contributed by atoms with E-state index in [-0.39, 0.29) is 14.9 Å². The van der Waals surface area contributed by atoms with Crippen LogP contribution >= 0.6 is 23.2 Å². The molecule has 0 fully saturated rings. The SMILES string of the molecule is COc1cc(OC)cc(C(NS(=O)(=O)c2ccc(Cl)c(Cl)c2)c2nccn2C)c1. The van der Waals surface area contributed by atoms with Crippen molar-refractivity contribution >= 4 is 33.2 Å². The third-order valence-electron chi connectivity index (χ3n) is 4.30. The molecule has 7 nitrogen and oxygen atoms in total. The summed E-state index contributed by atoms with van der Waals surface area (Å²) in [6.07, 6.45) is 3.32. The van der Waals surface area contributed by atoms with Crippen molar-refractivity contribution in [3.05, 3.63) is 70.2 Å². The van der Waals surface area contributed by atoms with Crippen molar-refractivity contribution in [2.75, 3.05) is 14.2 Å². The summed E-state index contributed by atoms with van der Waals surface area (Å²) in [7, 11) is 0.865. The van der Waals surface area contributed by atoms with Crippen molar-refractivity contribution in [3.8, 4) is 11.5 Å². The highest BCUT2D eigenvalue weighted by atomic mass is 35.5. The second-order valence-electron chi connectivity index (χ2n) is 6.17. The van der Waals surface area contributed by atoms with E-state index in [2.05, 4.69) is 9.71 Å². The fourth-order valence-electron chi connectivity index (χ4n) is 2.79. The molecule has 1 N–H and O–H groups in total. The van der Waals surface area contributed by atoms with Gasteiger partial charge >= 0.3 is 0 Å². The minimum absolute atomic E-state index is 0.0130. The second kappa shape index (κ2) is 8.62. The molecular weight excluding hydrogens is 437 g/mol. The van der Waals surface area contributed by atoms with Crippen LogP contribution in [-0.4, -0.2) is 32.2 Å². The third kappa shape index (κ3) is 4.67. The first kappa shape index (κ1) is 21.4. The van der Waals surface area contributed by atoms with Crippen LogP contribution < -0.4 is 14.2 Å². The average molecular weight is 456 g/mol. The first-order chi connectivity index (χ1) is 13.7. The molecule has 0 spiro atoms. The molecule has 0 saturated heterocycles. The maximum Gasteiger partial charge on any atom is 0.241 e. The van der Waals surface area contributed by atoms with Gasteiger partial charge in [-0.2, -0.15) is 4.72 Å². The largest absolute Gasteiger partial charge is 0.497 e. The molecule has 29 heavy (non-hydrogen) atoms. The Morgan fingerprint density at radius 3 is 2.21 bits per heavy atom. The van der Waals surface area contributed by atoms with Crippen molar-refractivity contribution in [3.63, 3.8) is 0 Å². The van der Waals surface area contributed by atoms with Crippen LogP contribution in [-0.2, 0) is 17.1 Å². The van der Waals surface area contributed by atoms with E-state index < -0.39 is 16.1 Å². The van der Waals surface area contributed by atoms with Crippen LogP contribution in [0.5, 0.6) is 11.5 Å². The van der Waals surface area contributed by atoms with E-state index in [1.54, 1.807) is 42.2 Å². The lowest BCUT2D eigenvalue weighted by molar-refractivity contribution is 0.392. The molecule has 3 rings (SSSR count). The number of ether oxygens (including phenoxy) is 2. The number of aromatic nitrogens is 2. The van der Waals surface area contributed by atoms with Gasteiger partial charge in [0, 0.05) is 25.5 Å². The Labute approximate surface area is 179 Å². The Bertz CT molecular complexity index is 1110. The normalized spacial score (nSPS) is 12.6. The number of imidazole rings is 1. The molecule has 0 aliphatic heterocycles. The van der Waals surface area contributed by atoms with E-state index in [9.17, 15) is 8.42 Å². The predicted octanol–water partition coefficient (Wildman–Crippen LogP) is 3.81. The fraction of sp³-hybridized carbons (Fsp3) is 0.211. The summed E-state index contributed by atoms with van der Waals surface area (Å²) in [6.45, 7) is 0. The molecule has 0 amide bonds. The minimum Gasteiger partial charge on any atom is -0.497 e. The first-order valence-electron chi connectivity index (χ1n) is 8.42. The van der Waals surface area contributed by atoms with E-state index in [0.717, 1.165) is 0 Å². The van der Waals surface area contributed by atoms with Crippen LogP contribution in [0.2, 0.25) is 10.0 Å². The maximum absolute atomic E-state index is 13.1. The average Bonchev–Trinajstić information content (AvgIpc) is 3.13. The van der Waals surface area contributed by atoms with Gasteiger partial charge < -0.3 is 14.0 Å². The Hall–Kier alpha value is -2.26. The fourth-order valence-corrected chi connectivity index (χ4v) is 4.36. The van der Waals surface area contributed by atoms with E-state index in [1.165, 1.54) is 32.4 Å². The number of nitrogens with one attached hydrogen (secondary N) is 1. The van der Waals surface area contributed by atoms with Crippen molar-refractivity contribution in [1.29, 1.82) is 0 Å². The van der Waals surface area contributed by atoms with Crippen molar-refractivity contribution in [1.82, 2.24) is 14.3 Å². The molecule has 154 valence electrons. The van der Waals surface area contributed by atoms with Crippen molar-refractivity contribution in [2.45, 2.75) is 10.9 Å². The lowest BCUT2D eigenvalue weighted by Crippen LogP contribution is -2.31. The van der Waals surface area contributed by atoms with Gasteiger partial charge in [0.2, 0.25) is 10.0 Å². The highest BCUT2D eigenvalue weighted by Crippen LogP contribution is 2.31. The van der Waals surface area contributed by atoms with E-state index in [4.69, 9.17) is 32.7 Å². The molecule has 0 bridgehead atoms. The summed E-state index contributed by atoms with van der Waals surface area (Å²) in [5.41, 5.74) is 0.596. The number of hydrogen-bond acceptors (Lipinski definition) is 5. The molecule has 1 atom stereocenters. The van der Waals surface area contributed by atoms with Gasteiger partial charge in [0.1, 0.15) is 23.4 Å². The number of aryl methyl sites for hydroxylation is 1. The molecule has 3 aromatic rings. The van der Waals surface area contributed by atoms with Crippen LogP contribution in [0.15, 0.2) is 53.7 Å². The molecule has 1 unspecified atom stereocenters. The van der Waals surface area contributed by atoms with Crippen LogP contribution in [0.4, 0.5) is 0 Å². The smallest absolute Gasteiger partial charge is 0.241 e. The predicted molar refractivity (Wildman–Crippen MR) is 111 cm³/mol. The zero-order chi connectivity index (χ0) is 21.2. The van der Waals surface area contributed by atoms with Gasteiger partial charge in [0.05, 0.1) is 29.2 Å². The highest BCUT2D eigenvalue weighted by Gasteiger charge is 2.27. The maximum atomic E-state index is 13.1. The highest BCUT2D eigenvalue weighted by molar-refractivity contribution is 7.89. The lowest BCUT2D eigenvalue weighted by Gasteiger charge is -2.20. The van der Waals surface area contributed by atoms with Crippen molar-refractivity contribution < 1.29 is 17.9 Å². The molecule has 1 heterocycles. The number of halogens is 2. The van der Waals surface area contributed by atoms with Gasteiger partial charge in [-0.05, 0) is 35.9 Å². The summed E-state index contributed by atoms with van der Waals surface area (Å²) < 4.78 is 41.2.